The first-order chi connectivity index (χ1) is 13.0. The average molecular weight is 402 g/mol. The van der Waals surface area contributed by atoms with Crippen molar-refractivity contribution in [3.8, 4) is 0 Å². The van der Waals surface area contributed by atoms with Crippen molar-refractivity contribution in [1.82, 2.24) is 15.0 Å². The highest BCUT2D eigenvalue weighted by molar-refractivity contribution is 7.21. The third-order valence-corrected chi connectivity index (χ3v) is 5.46. The molecule has 136 valence electrons. The highest BCUT2D eigenvalue weighted by atomic mass is 35.5. The van der Waals surface area contributed by atoms with Gasteiger partial charge < -0.3 is 10.1 Å². The summed E-state index contributed by atoms with van der Waals surface area (Å²) in [6.07, 6.45) is 1.42. The maximum absolute atomic E-state index is 14.0. The SMILES string of the molecule is COC(=N)c1nc2ccc3ncnc(Nc4cc(F)c(C)cc4Cl)c3c2s1. The molecule has 0 unspecified atom stereocenters. The Morgan fingerprint density at radius 2 is 2.04 bits per heavy atom. The van der Waals surface area contributed by atoms with E-state index in [9.17, 15) is 4.39 Å². The lowest BCUT2D eigenvalue weighted by molar-refractivity contribution is 0.401. The summed E-state index contributed by atoms with van der Waals surface area (Å²) in [4.78, 5) is 13.0. The second-order valence-corrected chi connectivity index (χ2v) is 7.19. The van der Waals surface area contributed by atoms with E-state index in [0.29, 0.717) is 38.1 Å². The van der Waals surface area contributed by atoms with Gasteiger partial charge in [-0.15, -0.1) is 11.3 Å². The van der Waals surface area contributed by atoms with Gasteiger partial charge in [0, 0.05) is 0 Å². The molecule has 27 heavy (non-hydrogen) atoms. The molecule has 0 aliphatic heterocycles. The second-order valence-electron chi connectivity index (χ2n) is 5.79. The van der Waals surface area contributed by atoms with E-state index in [4.69, 9.17) is 21.7 Å². The van der Waals surface area contributed by atoms with Crippen LogP contribution in [-0.2, 0) is 4.74 Å². The predicted molar refractivity (Wildman–Crippen MR) is 106 cm³/mol. The van der Waals surface area contributed by atoms with Gasteiger partial charge in [-0.05, 0) is 36.8 Å². The Bertz CT molecular complexity index is 1210. The van der Waals surface area contributed by atoms with Crippen LogP contribution in [0.1, 0.15) is 10.6 Å². The molecule has 6 nitrogen and oxygen atoms in total. The van der Waals surface area contributed by atoms with E-state index in [0.717, 1.165) is 10.1 Å². The summed E-state index contributed by atoms with van der Waals surface area (Å²) < 4.78 is 19.8. The molecule has 0 aliphatic carbocycles. The maximum Gasteiger partial charge on any atom is 0.242 e. The van der Waals surface area contributed by atoms with Gasteiger partial charge in [-0.2, -0.15) is 0 Å². The van der Waals surface area contributed by atoms with E-state index in [1.54, 1.807) is 13.0 Å². The molecule has 0 saturated carbocycles. The minimum Gasteiger partial charge on any atom is -0.479 e. The summed E-state index contributed by atoms with van der Waals surface area (Å²) in [7, 11) is 1.43. The van der Waals surface area contributed by atoms with Crippen molar-refractivity contribution in [2.75, 3.05) is 12.4 Å². The minimum atomic E-state index is -0.362. The van der Waals surface area contributed by atoms with Crippen molar-refractivity contribution in [3.63, 3.8) is 0 Å². The molecule has 0 amide bonds. The van der Waals surface area contributed by atoms with Crippen LogP contribution in [0.25, 0.3) is 21.1 Å². The van der Waals surface area contributed by atoms with Crippen molar-refractivity contribution in [1.29, 1.82) is 5.41 Å². The number of nitrogens with zero attached hydrogens (tertiary/aromatic N) is 3. The first-order valence-corrected chi connectivity index (χ1v) is 9.07. The lowest BCUT2D eigenvalue weighted by Crippen LogP contribution is -1.99. The number of halogens is 2. The van der Waals surface area contributed by atoms with E-state index in [1.165, 1.54) is 30.8 Å². The van der Waals surface area contributed by atoms with Crippen LogP contribution < -0.4 is 5.32 Å². The number of nitrogens with one attached hydrogen (secondary N) is 2. The van der Waals surface area contributed by atoms with Crippen molar-refractivity contribution < 1.29 is 9.13 Å². The van der Waals surface area contributed by atoms with Crippen LogP contribution in [-0.4, -0.2) is 28.0 Å². The van der Waals surface area contributed by atoms with Crippen molar-refractivity contribution in [3.05, 3.63) is 52.0 Å². The quantitative estimate of drug-likeness (QED) is 0.370. The lowest BCUT2D eigenvalue weighted by Gasteiger charge is -2.11. The molecule has 9 heteroatoms. The first-order valence-electron chi connectivity index (χ1n) is 7.87. The Morgan fingerprint density at radius 1 is 1.26 bits per heavy atom. The molecule has 4 rings (SSSR count). The molecule has 0 atom stereocenters. The highest BCUT2D eigenvalue weighted by Crippen LogP contribution is 2.36. The molecule has 2 heterocycles. The van der Waals surface area contributed by atoms with Gasteiger partial charge in [-0.25, -0.2) is 19.3 Å². The smallest absolute Gasteiger partial charge is 0.242 e. The van der Waals surface area contributed by atoms with Crippen molar-refractivity contribution in [2.24, 2.45) is 0 Å². The van der Waals surface area contributed by atoms with Gasteiger partial charge >= 0.3 is 0 Å². The molecule has 2 N–H and O–H groups in total. The Hall–Kier alpha value is -2.84. The lowest BCUT2D eigenvalue weighted by atomic mass is 10.2. The Kier molecular flexibility index (Phi) is 4.37. The van der Waals surface area contributed by atoms with Gasteiger partial charge in [-0.3, -0.25) is 5.41 Å². The van der Waals surface area contributed by atoms with E-state index in [-0.39, 0.29) is 11.7 Å². The van der Waals surface area contributed by atoms with Crippen LogP contribution in [0.4, 0.5) is 15.9 Å². The average Bonchev–Trinajstić information content (AvgIpc) is 3.10. The normalized spacial score (nSPS) is 11.1. The zero-order valence-electron chi connectivity index (χ0n) is 14.3. The summed E-state index contributed by atoms with van der Waals surface area (Å²) in [6.45, 7) is 1.65. The van der Waals surface area contributed by atoms with Crippen LogP contribution in [0, 0.1) is 18.2 Å². The van der Waals surface area contributed by atoms with Gasteiger partial charge in [0.2, 0.25) is 5.90 Å². The van der Waals surface area contributed by atoms with Crippen LogP contribution >= 0.6 is 22.9 Å². The number of benzene rings is 2. The van der Waals surface area contributed by atoms with Crippen LogP contribution in [0.3, 0.4) is 0 Å². The highest BCUT2D eigenvalue weighted by Gasteiger charge is 2.16. The number of methoxy groups -OCH3 is 1. The monoisotopic (exact) mass is 401 g/mol. The van der Waals surface area contributed by atoms with Gasteiger partial charge in [0.15, 0.2) is 5.01 Å². The third kappa shape index (κ3) is 3.07. The summed E-state index contributed by atoms with van der Waals surface area (Å²) in [5.41, 5.74) is 2.27. The molecule has 0 saturated heterocycles. The fraction of sp³-hybridized carbons (Fsp3) is 0.111. The number of ether oxygens (including phenoxy) is 1. The van der Waals surface area contributed by atoms with Gasteiger partial charge in [-0.1, -0.05) is 11.6 Å². The number of hydrogen-bond donors (Lipinski definition) is 2. The molecule has 0 aliphatic rings. The fourth-order valence-electron chi connectivity index (χ4n) is 2.68. The standard InChI is InChI=1S/C18H13ClFN5OS/c1-8-5-9(19)13(6-10(8)20)24-17-14-11(22-7-23-17)3-4-12-15(14)27-18(25-12)16(21)26-2/h3-7,21H,1-2H3,(H,22,23,24). The van der Waals surface area contributed by atoms with E-state index >= 15 is 0 Å². The second kappa shape index (κ2) is 6.71. The van der Waals surface area contributed by atoms with Gasteiger partial charge in [0.05, 0.1) is 38.9 Å². The minimum absolute atomic E-state index is 0.0145. The van der Waals surface area contributed by atoms with Crippen LogP contribution in [0.5, 0.6) is 0 Å². The summed E-state index contributed by atoms with van der Waals surface area (Å²) >= 11 is 7.56. The number of aryl methyl sites for hydroxylation is 1. The zero-order valence-corrected chi connectivity index (χ0v) is 15.9. The predicted octanol–water partition coefficient (Wildman–Crippen LogP) is 5.06. The summed E-state index contributed by atoms with van der Waals surface area (Å²) in [5.74, 6) is 0.105. The maximum atomic E-state index is 14.0. The molecule has 0 bridgehead atoms. The summed E-state index contributed by atoms with van der Waals surface area (Å²) in [6, 6.07) is 6.55. The Labute approximate surface area is 162 Å². The topological polar surface area (TPSA) is 83.8 Å². The number of thiazole rings is 1. The Balaban J connectivity index is 1.91. The summed E-state index contributed by atoms with van der Waals surface area (Å²) in [5, 5.41) is 12.5. The first kappa shape index (κ1) is 17.6. The number of aromatic nitrogens is 3. The fourth-order valence-corrected chi connectivity index (χ4v) is 3.98. The number of hydrogen-bond acceptors (Lipinski definition) is 7. The molecule has 2 aromatic heterocycles. The van der Waals surface area contributed by atoms with Gasteiger partial charge in [0.25, 0.3) is 0 Å². The largest absolute Gasteiger partial charge is 0.479 e. The molecule has 2 aromatic carbocycles. The number of fused-ring (bicyclic) bond motifs is 3. The van der Waals surface area contributed by atoms with Gasteiger partial charge in [0.1, 0.15) is 18.0 Å². The van der Waals surface area contributed by atoms with Crippen LogP contribution in [0.2, 0.25) is 5.02 Å². The van der Waals surface area contributed by atoms with E-state index in [1.807, 2.05) is 12.1 Å². The molecule has 0 fully saturated rings. The third-order valence-electron chi connectivity index (χ3n) is 4.06. The van der Waals surface area contributed by atoms with E-state index < -0.39 is 0 Å². The number of rotatable bonds is 3. The molecular formula is C18H13ClFN5OS. The molecule has 0 spiro atoms. The van der Waals surface area contributed by atoms with Crippen molar-refractivity contribution in [2.45, 2.75) is 6.92 Å². The number of anilines is 2. The van der Waals surface area contributed by atoms with E-state index in [2.05, 4.69) is 20.3 Å². The molecular weight excluding hydrogens is 389 g/mol. The Morgan fingerprint density at radius 3 is 2.81 bits per heavy atom. The van der Waals surface area contributed by atoms with Crippen LogP contribution in [0.15, 0.2) is 30.6 Å². The van der Waals surface area contributed by atoms with Crippen molar-refractivity contribution >= 4 is 61.5 Å². The molecule has 4 aromatic rings. The zero-order chi connectivity index (χ0) is 19.1. The molecule has 0 radical (unpaired) electrons.